The normalized spacial score (nSPS) is 20.5. The third-order valence-electron chi connectivity index (χ3n) is 2.61. The maximum atomic E-state index is 4.58. The fourth-order valence-corrected chi connectivity index (χ4v) is 3.75. The van der Waals surface area contributed by atoms with Gasteiger partial charge in [-0.2, -0.15) is 11.8 Å². The zero-order valence-corrected chi connectivity index (χ0v) is 13.2. The van der Waals surface area contributed by atoms with Gasteiger partial charge in [0, 0.05) is 11.8 Å². The average molecular weight is 274 g/mol. The summed E-state index contributed by atoms with van der Waals surface area (Å²) in [4.78, 5) is 4.58. The zero-order valence-electron chi connectivity index (χ0n) is 11.6. The van der Waals surface area contributed by atoms with Gasteiger partial charge in [-0.1, -0.05) is 32.5 Å². The molecule has 1 aliphatic rings. The quantitative estimate of drug-likeness (QED) is 0.749. The molecule has 4 heteroatoms. The van der Waals surface area contributed by atoms with Gasteiger partial charge in [0.25, 0.3) is 0 Å². The monoisotopic (exact) mass is 274 g/mol. The van der Waals surface area contributed by atoms with Crippen molar-refractivity contribution >= 4 is 28.7 Å². The Morgan fingerprint density at radius 2 is 2.18 bits per heavy atom. The van der Waals surface area contributed by atoms with Crippen LogP contribution in [0.5, 0.6) is 0 Å². The van der Waals surface area contributed by atoms with Crippen molar-refractivity contribution in [1.82, 2.24) is 5.32 Å². The van der Waals surface area contributed by atoms with Crippen LogP contribution >= 0.6 is 23.5 Å². The van der Waals surface area contributed by atoms with Crippen LogP contribution in [0.15, 0.2) is 4.99 Å². The molecule has 0 radical (unpaired) electrons. The van der Waals surface area contributed by atoms with E-state index in [0.29, 0.717) is 10.7 Å². The van der Waals surface area contributed by atoms with E-state index in [9.17, 15) is 0 Å². The standard InChI is InChI=1S/C13H26N2S2/c1-13(2,3)9-11-10-15-12(17-11)14-7-5-6-8-16-4/h11H,5-10H2,1-4H3,(H,14,15). The summed E-state index contributed by atoms with van der Waals surface area (Å²) in [6.45, 7) is 8.99. The van der Waals surface area contributed by atoms with Crippen LogP contribution in [-0.4, -0.2) is 35.5 Å². The van der Waals surface area contributed by atoms with Gasteiger partial charge < -0.3 is 5.32 Å². The van der Waals surface area contributed by atoms with E-state index in [-0.39, 0.29) is 0 Å². The van der Waals surface area contributed by atoms with Crippen LogP contribution in [0.3, 0.4) is 0 Å². The highest BCUT2D eigenvalue weighted by molar-refractivity contribution is 8.14. The second-order valence-electron chi connectivity index (χ2n) is 5.78. The Bertz CT molecular complexity index is 246. The molecule has 0 aliphatic carbocycles. The summed E-state index contributed by atoms with van der Waals surface area (Å²) in [5.74, 6) is 1.27. The Balaban J connectivity index is 2.09. The van der Waals surface area contributed by atoms with Crippen LogP contribution in [0.25, 0.3) is 0 Å². The zero-order chi connectivity index (χ0) is 12.7. The van der Waals surface area contributed by atoms with Gasteiger partial charge in [0.1, 0.15) is 0 Å². The lowest BCUT2D eigenvalue weighted by atomic mass is 9.90. The molecule has 0 aromatic heterocycles. The summed E-state index contributed by atoms with van der Waals surface area (Å²) >= 11 is 3.86. The molecule has 0 amide bonds. The highest BCUT2D eigenvalue weighted by Gasteiger charge is 2.24. The van der Waals surface area contributed by atoms with Crippen LogP contribution in [0, 0.1) is 5.41 Å². The van der Waals surface area contributed by atoms with Crippen LogP contribution < -0.4 is 5.32 Å². The second kappa shape index (κ2) is 7.57. The molecule has 0 fully saturated rings. The van der Waals surface area contributed by atoms with E-state index in [1.165, 1.54) is 30.2 Å². The van der Waals surface area contributed by atoms with Crippen LogP contribution in [0.4, 0.5) is 0 Å². The molecule has 0 aromatic carbocycles. The van der Waals surface area contributed by atoms with Crippen molar-refractivity contribution in [2.45, 2.75) is 45.3 Å². The first-order valence-electron chi connectivity index (χ1n) is 6.45. The smallest absolute Gasteiger partial charge is 0.156 e. The number of amidine groups is 1. The highest BCUT2D eigenvalue weighted by Crippen LogP contribution is 2.31. The van der Waals surface area contributed by atoms with Gasteiger partial charge in [-0.15, -0.1) is 0 Å². The van der Waals surface area contributed by atoms with Crippen LogP contribution in [0.1, 0.15) is 40.0 Å². The Kier molecular flexibility index (Phi) is 6.78. The summed E-state index contributed by atoms with van der Waals surface area (Å²) in [6.07, 6.45) is 5.97. The molecule has 1 aliphatic heterocycles. The molecule has 1 N–H and O–H groups in total. The number of aliphatic imine (C=N–C) groups is 1. The minimum atomic E-state index is 0.418. The second-order valence-corrected chi connectivity index (χ2v) is 8.05. The maximum absolute atomic E-state index is 4.58. The fraction of sp³-hybridized carbons (Fsp3) is 0.923. The Labute approximate surface area is 115 Å². The van der Waals surface area contributed by atoms with Gasteiger partial charge in [-0.05, 0) is 36.7 Å². The van der Waals surface area contributed by atoms with E-state index >= 15 is 0 Å². The first-order valence-corrected chi connectivity index (χ1v) is 8.72. The predicted octanol–water partition coefficient (Wildman–Crippen LogP) is 3.63. The summed E-state index contributed by atoms with van der Waals surface area (Å²) in [5.41, 5.74) is 0.418. The molecule has 17 heavy (non-hydrogen) atoms. The number of thioether (sulfide) groups is 2. The van der Waals surface area contributed by atoms with Gasteiger partial charge in [0.15, 0.2) is 5.17 Å². The van der Waals surface area contributed by atoms with E-state index in [2.05, 4.69) is 37.3 Å². The lowest BCUT2D eigenvalue weighted by Crippen LogP contribution is -2.21. The van der Waals surface area contributed by atoms with Gasteiger partial charge in [-0.25, -0.2) is 0 Å². The molecule has 1 unspecified atom stereocenters. The van der Waals surface area contributed by atoms with Crippen LogP contribution in [-0.2, 0) is 0 Å². The number of unbranched alkanes of at least 4 members (excludes halogenated alkanes) is 1. The minimum absolute atomic E-state index is 0.418. The molecule has 2 nitrogen and oxygen atoms in total. The molecule has 0 bridgehead atoms. The fourth-order valence-electron chi connectivity index (χ4n) is 1.87. The maximum Gasteiger partial charge on any atom is 0.156 e. The van der Waals surface area contributed by atoms with Crippen molar-refractivity contribution in [3.8, 4) is 0 Å². The lowest BCUT2D eigenvalue weighted by molar-refractivity contribution is 0.375. The molecule has 1 heterocycles. The van der Waals surface area contributed by atoms with Crippen molar-refractivity contribution in [1.29, 1.82) is 0 Å². The predicted molar refractivity (Wildman–Crippen MR) is 83.4 cm³/mol. The van der Waals surface area contributed by atoms with Crippen LogP contribution in [0.2, 0.25) is 0 Å². The van der Waals surface area contributed by atoms with Gasteiger partial charge in [-0.3, -0.25) is 4.99 Å². The molecular formula is C13H26N2S2. The van der Waals surface area contributed by atoms with E-state index in [1.807, 2.05) is 23.5 Å². The number of nitrogens with one attached hydrogen (secondary N) is 1. The summed E-state index contributed by atoms with van der Waals surface area (Å²) in [7, 11) is 0. The van der Waals surface area contributed by atoms with Gasteiger partial charge in [0.05, 0.1) is 6.54 Å². The molecule has 1 atom stereocenters. The Morgan fingerprint density at radius 1 is 1.41 bits per heavy atom. The van der Waals surface area contributed by atoms with Crippen molar-refractivity contribution in [3.05, 3.63) is 0 Å². The van der Waals surface area contributed by atoms with Gasteiger partial charge >= 0.3 is 0 Å². The third-order valence-corrected chi connectivity index (χ3v) is 4.45. The van der Waals surface area contributed by atoms with E-state index in [0.717, 1.165) is 13.1 Å². The van der Waals surface area contributed by atoms with E-state index in [1.54, 1.807) is 0 Å². The molecule has 0 saturated heterocycles. The molecule has 0 saturated carbocycles. The topological polar surface area (TPSA) is 24.4 Å². The number of hydrogen-bond acceptors (Lipinski definition) is 4. The Hall–Kier alpha value is 0.170. The number of nitrogens with zero attached hydrogens (tertiary/aromatic N) is 1. The summed E-state index contributed by atoms with van der Waals surface area (Å²) in [5, 5.41) is 5.31. The largest absolute Gasteiger partial charge is 0.365 e. The number of hydrogen-bond donors (Lipinski definition) is 1. The first-order chi connectivity index (χ1) is 8.01. The van der Waals surface area contributed by atoms with Gasteiger partial charge in [0.2, 0.25) is 0 Å². The lowest BCUT2D eigenvalue weighted by Gasteiger charge is -2.21. The minimum Gasteiger partial charge on any atom is -0.365 e. The average Bonchev–Trinajstić information content (AvgIpc) is 2.63. The van der Waals surface area contributed by atoms with Crippen molar-refractivity contribution in [2.24, 2.45) is 10.4 Å². The van der Waals surface area contributed by atoms with Crippen molar-refractivity contribution < 1.29 is 0 Å². The third kappa shape index (κ3) is 7.24. The molecule has 0 spiro atoms. The van der Waals surface area contributed by atoms with Crippen molar-refractivity contribution in [2.75, 3.05) is 25.1 Å². The molecule has 0 aromatic rings. The summed E-state index contributed by atoms with van der Waals surface area (Å²) < 4.78 is 0. The molecule has 1 rings (SSSR count). The molecular weight excluding hydrogens is 248 g/mol. The first kappa shape index (κ1) is 15.2. The highest BCUT2D eigenvalue weighted by atomic mass is 32.2. The Morgan fingerprint density at radius 3 is 2.82 bits per heavy atom. The summed E-state index contributed by atoms with van der Waals surface area (Å²) in [6, 6.07) is 0. The van der Waals surface area contributed by atoms with E-state index in [4.69, 9.17) is 0 Å². The van der Waals surface area contributed by atoms with E-state index < -0.39 is 0 Å². The van der Waals surface area contributed by atoms with Crippen molar-refractivity contribution in [3.63, 3.8) is 0 Å². The SMILES string of the molecule is CSCCCCNC1=NCC(CC(C)(C)C)S1. The number of rotatable bonds is 6. The molecule has 100 valence electrons.